The van der Waals surface area contributed by atoms with Crippen molar-refractivity contribution in [3.05, 3.63) is 29.8 Å². The van der Waals surface area contributed by atoms with Crippen molar-refractivity contribution in [1.82, 2.24) is 20.7 Å². The topological polar surface area (TPSA) is 85.0 Å². The minimum Gasteiger partial charge on any atom is -0.369 e. The summed E-state index contributed by atoms with van der Waals surface area (Å²) in [6.45, 7) is 2.69. The number of benzene rings is 1. The number of piperazine rings is 1. The minimum absolute atomic E-state index is 0.105. The van der Waals surface area contributed by atoms with Crippen molar-refractivity contribution in [3.8, 4) is 0 Å². The Balaban J connectivity index is 1.24. The van der Waals surface area contributed by atoms with Crippen LogP contribution in [0.3, 0.4) is 0 Å². The fraction of sp³-hybridized carbons (Fsp3) is 0.591. The number of carbonyl (C=O) groups is 3. The van der Waals surface area contributed by atoms with Gasteiger partial charge in [-0.25, -0.2) is 4.79 Å². The summed E-state index contributed by atoms with van der Waals surface area (Å²) >= 11 is 0. The SMILES string of the molecule is O=C(CCN1CCN(c2cccc(C(F)(F)F)c2)CC1)NN1C(=O)NC2(CCCCC2)C1=O. The maximum absolute atomic E-state index is 13.0. The molecular formula is C22H28F3N5O3. The maximum Gasteiger partial charge on any atom is 0.416 e. The number of anilines is 1. The number of hydrazine groups is 1. The lowest BCUT2D eigenvalue weighted by Crippen LogP contribution is -2.51. The number of nitrogens with zero attached hydrogens (tertiary/aromatic N) is 3. The van der Waals surface area contributed by atoms with Crippen LogP contribution in [0.15, 0.2) is 24.3 Å². The molecule has 1 aromatic carbocycles. The van der Waals surface area contributed by atoms with Crippen molar-refractivity contribution in [1.29, 1.82) is 0 Å². The molecule has 3 fully saturated rings. The fourth-order valence-corrected chi connectivity index (χ4v) is 4.76. The average molecular weight is 467 g/mol. The third-order valence-electron chi connectivity index (χ3n) is 6.67. The predicted octanol–water partition coefficient (Wildman–Crippen LogP) is 2.50. The number of hydrogen-bond donors (Lipinski definition) is 2. The molecule has 2 saturated heterocycles. The van der Waals surface area contributed by atoms with Gasteiger partial charge in [0.2, 0.25) is 5.91 Å². The Morgan fingerprint density at radius 3 is 2.42 bits per heavy atom. The van der Waals surface area contributed by atoms with Crippen LogP contribution in [0.1, 0.15) is 44.1 Å². The first-order valence-corrected chi connectivity index (χ1v) is 11.3. The number of rotatable bonds is 5. The van der Waals surface area contributed by atoms with Gasteiger partial charge in [0.05, 0.1) is 5.56 Å². The quantitative estimate of drug-likeness (QED) is 0.650. The molecule has 2 heterocycles. The number of halogens is 3. The van der Waals surface area contributed by atoms with Crippen LogP contribution in [0.5, 0.6) is 0 Å². The molecule has 0 aromatic heterocycles. The van der Waals surface area contributed by atoms with Gasteiger partial charge in [0.15, 0.2) is 0 Å². The normalized spacial score (nSPS) is 21.4. The molecule has 0 bridgehead atoms. The van der Waals surface area contributed by atoms with Crippen LogP contribution in [0, 0.1) is 0 Å². The van der Waals surface area contributed by atoms with Gasteiger partial charge in [0.1, 0.15) is 5.54 Å². The number of imide groups is 1. The highest BCUT2D eigenvalue weighted by molar-refractivity contribution is 6.08. The zero-order valence-corrected chi connectivity index (χ0v) is 18.3. The van der Waals surface area contributed by atoms with E-state index >= 15 is 0 Å². The number of amides is 4. The van der Waals surface area contributed by atoms with E-state index in [0.717, 1.165) is 36.4 Å². The van der Waals surface area contributed by atoms with Gasteiger partial charge in [-0.05, 0) is 31.0 Å². The summed E-state index contributed by atoms with van der Waals surface area (Å²) in [5.41, 5.74) is 1.40. The van der Waals surface area contributed by atoms with Crippen LogP contribution in [0.25, 0.3) is 0 Å². The zero-order chi connectivity index (χ0) is 23.6. The molecule has 33 heavy (non-hydrogen) atoms. The molecule has 4 rings (SSSR count). The van der Waals surface area contributed by atoms with E-state index in [4.69, 9.17) is 0 Å². The molecule has 11 heteroatoms. The van der Waals surface area contributed by atoms with E-state index in [1.54, 1.807) is 6.07 Å². The summed E-state index contributed by atoms with van der Waals surface area (Å²) in [5, 5.41) is 3.55. The van der Waals surface area contributed by atoms with Crippen molar-refractivity contribution in [3.63, 3.8) is 0 Å². The first-order chi connectivity index (χ1) is 15.7. The molecular weight excluding hydrogens is 439 g/mol. The maximum atomic E-state index is 13.0. The van der Waals surface area contributed by atoms with Gasteiger partial charge in [-0.1, -0.05) is 25.3 Å². The Labute approximate surface area is 190 Å². The number of nitrogens with one attached hydrogen (secondary N) is 2. The number of urea groups is 1. The van der Waals surface area contributed by atoms with Crippen LogP contribution in [0.2, 0.25) is 0 Å². The van der Waals surface area contributed by atoms with E-state index in [1.807, 2.05) is 9.80 Å². The zero-order valence-electron chi connectivity index (χ0n) is 18.3. The summed E-state index contributed by atoms with van der Waals surface area (Å²) in [6, 6.07) is 4.68. The molecule has 180 valence electrons. The van der Waals surface area contributed by atoms with E-state index in [9.17, 15) is 27.6 Å². The van der Waals surface area contributed by atoms with Gasteiger partial charge in [0, 0.05) is 44.8 Å². The van der Waals surface area contributed by atoms with Crippen LogP contribution >= 0.6 is 0 Å². The largest absolute Gasteiger partial charge is 0.416 e. The highest BCUT2D eigenvalue weighted by Gasteiger charge is 2.52. The van der Waals surface area contributed by atoms with Gasteiger partial charge in [-0.2, -0.15) is 18.2 Å². The predicted molar refractivity (Wildman–Crippen MR) is 114 cm³/mol. The molecule has 0 atom stereocenters. The summed E-state index contributed by atoms with van der Waals surface area (Å²) in [6.07, 6.45) is -0.359. The second-order valence-corrected chi connectivity index (χ2v) is 8.88. The van der Waals surface area contributed by atoms with Gasteiger partial charge in [-0.3, -0.25) is 19.9 Å². The van der Waals surface area contributed by atoms with Crippen molar-refractivity contribution in [2.75, 3.05) is 37.6 Å². The van der Waals surface area contributed by atoms with Crippen molar-refractivity contribution in [2.24, 2.45) is 0 Å². The smallest absolute Gasteiger partial charge is 0.369 e. The Hall–Kier alpha value is -2.82. The van der Waals surface area contributed by atoms with Crippen molar-refractivity contribution < 1.29 is 27.6 Å². The Morgan fingerprint density at radius 2 is 1.76 bits per heavy atom. The molecule has 0 radical (unpaired) electrons. The van der Waals surface area contributed by atoms with Gasteiger partial charge < -0.3 is 10.2 Å². The first-order valence-electron chi connectivity index (χ1n) is 11.3. The van der Waals surface area contributed by atoms with E-state index in [0.29, 0.717) is 51.3 Å². The van der Waals surface area contributed by atoms with Crippen LogP contribution in [-0.2, 0) is 15.8 Å². The van der Waals surface area contributed by atoms with Crippen LogP contribution < -0.4 is 15.6 Å². The molecule has 8 nitrogen and oxygen atoms in total. The second kappa shape index (κ2) is 9.20. The second-order valence-electron chi connectivity index (χ2n) is 8.88. The number of alkyl halides is 3. The molecule has 1 aliphatic carbocycles. The monoisotopic (exact) mass is 467 g/mol. The van der Waals surface area contributed by atoms with E-state index in [-0.39, 0.29) is 6.42 Å². The van der Waals surface area contributed by atoms with Gasteiger partial charge in [-0.15, -0.1) is 0 Å². The highest BCUT2D eigenvalue weighted by atomic mass is 19.4. The summed E-state index contributed by atoms with van der Waals surface area (Å²) in [7, 11) is 0. The molecule has 2 N–H and O–H groups in total. The van der Waals surface area contributed by atoms with E-state index in [1.165, 1.54) is 6.07 Å². The van der Waals surface area contributed by atoms with Gasteiger partial charge in [0.25, 0.3) is 5.91 Å². The summed E-state index contributed by atoms with van der Waals surface area (Å²) in [5.74, 6) is -0.818. The molecule has 1 saturated carbocycles. The fourth-order valence-electron chi connectivity index (χ4n) is 4.76. The van der Waals surface area contributed by atoms with E-state index < -0.39 is 35.1 Å². The van der Waals surface area contributed by atoms with Crippen molar-refractivity contribution in [2.45, 2.75) is 50.2 Å². The molecule has 0 unspecified atom stereocenters. The third-order valence-corrected chi connectivity index (χ3v) is 6.67. The Morgan fingerprint density at radius 1 is 1.06 bits per heavy atom. The number of carbonyl (C=O) groups excluding carboxylic acids is 3. The third kappa shape index (κ3) is 5.07. The average Bonchev–Trinajstić information content (AvgIpc) is 3.02. The molecule has 1 spiro atoms. The summed E-state index contributed by atoms with van der Waals surface area (Å²) < 4.78 is 38.9. The Bertz CT molecular complexity index is 909. The standard InChI is InChI=1S/C22H28F3N5O3/c23-22(24,25)16-5-4-6-17(15-16)29-13-11-28(12-14-29)10-7-18(31)27-30-19(32)21(26-20(30)33)8-2-1-3-9-21/h4-6,15H,1-3,7-14H2,(H,26,33)(H,27,31). The lowest BCUT2D eigenvalue weighted by atomic mass is 9.82. The van der Waals surface area contributed by atoms with Gasteiger partial charge >= 0.3 is 12.2 Å². The van der Waals surface area contributed by atoms with Crippen LogP contribution in [0.4, 0.5) is 23.7 Å². The van der Waals surface area contributed by atoms with Crippen LogP contribution in [-0.4, -0.2) is 66.0 Å². The lowest BCUT2D eigenvalue weighted by molar-refractivity contribution is -0.140. The van der Waals surface area contributed by atoms with Crippen molar-refractivity contribution >= 4 is 23.5 Å². The molecule has 3 aliphatic rings. The number of hydrogen-bond acceptors (Lipinski definition) is 5. The molecule has 1 aromatic rings. The van der Waals surface area contributed by atoms with E-state index in [2.05, 4.69) is 10.7 Å². The molecule has 2 aliphatic heterocycles. The first kappa shape index (κ1) is 23.3. The lowest BCUT2D eigenvalue weighted by Gasteiger charge is -2.36. The highest BCUT2D eigenvalue weighted by Crippen LogP contribution is 2.33. The molecule has 4 amide bonds. The Kier molecular flexibility index (Phi) is 6.51. The summed E-state index contributed by atoms with van der Waals surface area (Å²) in [4.78, 5) is 41.3. The minimum atomic E-state index is -4.38.